The number of nitrogens with one attached hydrogen (secondary N) is 2. The van der Waals surface area contributed by atoms with Crippen molar-refractivity contribution in [3.8, 4) is 0 Å². The first-order valence-corrected chi connectivity index (χ1v) is 7.12. The van der Waals surface area contributed by atoms with E-state index in [2.05, 4.69) is 43.3 Å². The zero-order valence-corrected chi connectivity index (χ0v) is 13.7. The summed E-state index contributed by atoms with van der Waals surface area (Å²) in [5, 5.41) is 6.08. The third-order valence-electron chi connectivity index (χ3n) is 3.45. The molecule has 0 aliphatic carbocycles. The maximum atomic E-state index is 12.4. The molecule has 2 N–H and O–H groups in total. The van der Waals surface area contributed by atoms with Crippen molar-refractivity contribution in [1.82, 2.24) is 10.3 Å². The molecule has 1 amide bonds. The lowest BCUT2D eigenvalue weighted by Gasteiger charge is -2.25. The summed E-state index contributed by atoms with van der Waals surface area (Å²) >= 11 is 0. The van der Waals surface area contributed by atoms with Gasteiger partial charge >= 0.3 is 0 Å². The smallest absolute Gasteiger partial charge is 0.251 e. The summed E-state index contributed by atoms with van der Waals surface area (Å²) in [5.41, 5.74) is 1.25. The third-order valence-corrected chi connectivity index (χ3v) is 3.45. The topological polar surface area (TPSA) is 54.0 Å². The van der Waals surface area contributed by atoms with Gasteiger partial charge in [0.15, 0.2) is 0 Å². The average Bonchev–Trinajstić information content (AvgIpc) is 2.36. The highest BCUT2D eigenvalue weighted by Gasteiger charge is 2.22. The summed E-state index contributed by atoms with van der Waals surface area (Å²) in [6.45, 7) is 12.4. The minimum atomic E-state index is -0.206. The SMILES string of the molecule is CCC(C)(C)NC(=O)c1cc(NC)nc(C(C)(C)C)c1. The Bertz CT molecular complexity index is 487. The van der Waals surface area contributed by atoms with Gasteiger partial charge in [-0.2, -0.15) is 0 Å². The van der Waals surface area contributed by atoms with Crippen molar-refractivity contribution in [2.75, 3.05) is 12.4 Å². The Morgan fingerprint density at radius 3 is 2.25 bits per heavy atom. The van der Waals surface area contributed by atoms with E-state index >= 15 is 0 Å². The van der Waals surface area contributed by atoms with Crippen LogP contribution in [0.25, 0.3) is 0 Å². The van der Waals surface area contributed by atoms with Crippen molar-refractivity contribution in [3.63, 3.8) is 0 Å². The van der Waals surface area contributed by atoms with Crippen LogP contribution in [0.15, 0.2) is 12.1 Å². The number of carbonyl (C=O) groups is 1. The van der Waals surface area contributed by atoms with Gasteiger partial charge in [-0.15, -0.1) is 0 Å². The van der Waals surface area contributed by atoms with E-state index in [9.17, 15) is 4.79 Å². The van der Waals surface area contributed by atoms with Crippen LogP contribution in [0.5, 0.6) is 0 Å². The van der Waals surface area contributed by atoms with Crippen LogP contribution in [0, 0.1) is 0 Å². The highest BCUT2D eigenvalue weighted by atomic mass is 16.1. The Morgan fingerprint density at radius 2 is 1.80 bits per heavy atom. The van der Waals surface area contributed by atoms with Crippen LogP contribution in [0.3, 0.4) is 0 Å². The van der Waals surface area contributed by atoms with Gasteiger partial charge in [-0.05, 0) is 32.4 Å². The molecule has 4 nitrogen and oxygen atoms in total. The second-order valence-corrected chi connectivity index (χ2v) is 6.82. The molecule has 0 aliphatic heterocycles. The van der Waals surface area contributed by atoms with Crippen molar-refractivity contribution in [2.45, 2.75) is 58.9 Å². The average molecular weight is 277 g/mol. The zero-order chi connectivity index (χ0) is 15.6. The quantitative estimate of drug-likeness (QED) is 0.887. The number of anilines is 1. The molecule has 4 heteroatoms. The molecular formula is C16H27N3O. The van der Waals surface area contributed by atoms with E-state index in [1.165, 1.54) is 0 Å². The van der Waals surface area contributed by atoms with Gasteiger partial charge in [0.1, 0.15) is 5.82 Å². The van der Waals surface area contributed by atoms with Gasteiger partial charge in [-0.25, -0.2) is 4.98 Å². The van der Waals surface area contributed by atoms with Crippen LogP contribution in [-0.2, 0) is 5.41 Å². The second-order valence-electron chi connectivity index (χ2n) is 6.82. The fourth-order valence-electron chi connectivity index (χ4n) is 1.64. The molecule has 0 saturated heterocycles. The minimum absolute atomic E-state index is 0.0544. The summed E-state index contributed by atoms with van der Waals surface area (Å²) in [5.74, 6) is 0.665. The Hall–Kier alpha value is -1.58. The summed E-state index contributed by atoms with van der Waals surface area (Å²) in [6.07, 6.45) is 0.884. The van der Waals surface area contributed by atoms with E-state index < -0.39 is 0 Å². The molecule has 0 fully saturated rings. The first kappa shape index (κ1) is 16.5. The van der Waals surface area contributed by atoms with Crippen LogP contribution in [0.2, 0.25) is 0 Å². The molecule has 112 valence electrons. The normalized spacial score (nSPS) is 12.2. The summed E-state index contributed by atoms with van der Waals surface area (Å²) in [4.78, 5) is 16.9. The number of pyridine rings is 1. The van der Waals surface area contributed by atoms with E-state index in [1.807, 2.05) is 27.0 Å². The van der Waals surface area contributed by atoms with Gasteiger partial charge in [0, 0.05) is 29.3 Å². The Labute approximate surface area is 122 Å². The first-order valence-electron chi connectivity index (χ1n) is 7.12. The van der Waals surface area contributed by atoms with Gasteiger partial charge in [-0.3, -0.25) is 4.79 Å². The van der Waals surface area contributed by atoms with Crippen molar-refractivity contribution >= 4 is 11.7 Å². The lowest BCUT2D eigenvalue weighted by molar-refractivity contribution is 0.0911. The number of aromatic nitrogens is 1. The fraction of sp³-hybridized carbons (Fsp3) is 0.625. The number of hydrogen-bond donors (Lipinski definition) is 2. The van der Waals surface area contributed by atoms with Gasteiger partial charge in [0.2, 0.25) is 0 Å². The van der Waals surface area contributed by atoms with Crippen LogP contribution in [0.4, 0.5) is 5.82 Å². The first-order chi connectivity index (χ1) is 9.09. The van der Waals surface area contributed by atoms with Gasteiger partial charge in [-0.1, -0.05) is 27.7 Å². The molecule has 0 spiro atoms. The lowest BCUT2D eigenvalue weighted by atomic mass is 9.90. The number of hydrogen-bond acceptors (Lipinski definition) is 3. The third kappa shape index (κ3) is 4.22. The lowest BCUT2D eigenvalue weighted by Crippen LogP contribution is -2.42. The summed E-state index contributed by atoms with van der Waals surface area (Å²) in [6, 6.07) is 3.66. The highest BCUT2D eigenvalue weighted by Crippen LogP contribution is 2.23. The van der Waals surface area contributed by atoms with Crippen LogP contribution < -0.4 is 10.6 Å². The molecule has 0 radical (unpaired) electrons. The molecule has 1 aromatic rings. The van der Waals surface area contributed by atoms with Crippen LogP contribution in [0.1, 0.15) is 64.0 Å². The largest absolute Gasteiger partial charge is 0.373 e. The fourth-order valence-corrected chi connectivity index (χ4v) is 1.64. The van der Waals surface area contributed by atoms with E-state index in [1.54, 1.807) is 6.07 Å². The minimum Gasteiger partial charge on any atom is -0.373 e. The van der Waals surface area contributed by atoms with Crippen LogP contribution >= 0.6 is 0 Å². The zero-order valence-electron chi connectivity index (χ0n) is 13.7. The van der Waals surface area contributed by atoms with Crippen LogP contribution in [-0.4, -0.2) is 23.5 Å². The molecule has 0 aliphatic rings. The standard InChI is InChI=1S/C16H27N3O/c1-8-16(5,6)19-14(20)11-9-12(15(2,3)4)18-13(10-11)17-7/h9-10H,8H2,1-7H3,(H,17,18)(H,19,20). The van der Waals surface area contributed by atoms with Crippen molar-refractivity contribution < 1.29 is 4.79 Å². The molecule has 0 unspecified atom stereocenters. The number of carbonyl (C=O) groups excluding carboxylic acids is 1. The molecule has 0 bridgehead atoms. The van der Waals surface area contributed by atoms with E-state index in [0.717, 1.165) is 17.9 Å². The Kier molecular flexibility index (Phi) is 4.79. The van der Waals surface area contributed by atoms with E-state index in [0.29, 0.717) is 5.56 Å². The van der Waals surface area contributed by atoms with Crippen molar-refractivity contribution in [1.29, 1.82) is 0 Å². The molecule has 0 saturated carbocycles. The van der Waals surface area contributed by atoms with Gasteiger partial charge in [0.25, 0.3) is 5.91 Å². The highest BCUT2D eigenvalue weighted by molar-refractivity contribution is 5.95. The van der Waals surface area contributed by atoms with E-state index in [-0.39, 0.29) is 16.9 Å². The monoisotopic (exact) mass is 277 g/mol. The molecule has 1 heterocycles. The number of rotatable bonds is 4. The Morgan fingerprint density at radius 1 is 1.20 bits per heavy atom. The maximum absolute atomic E-state index is 12.4. The van der Waals surface area contributed by atoms with E-state index in [4.69, 9.17) is 0 Å². The predicted molar refractivity (Wildman–Crippen MR) is 84.3 cm³/mol. The molecular weight excluding hydrogens is 250 g/mol. The summed E-state index contributed by atoms with van der Waals surface area (Å²) in [7, 11) is 1.81. The molecule has 1 aromatic heterocycles. The molecule has 1 rings (SSSR count). The van der Waals surface area contributed by atoms with Gasteiger partial charge < -0.3 is 10.6 Å². The predicted octanol–water partition coefficient (Wildman–Crippen LogP) is 3.34. The second kappa shape index (κ2) is 5.81. The maximum Gasteiger partial charge on any atom is 0.251 e. The molecule has 0 atom stereocenters. The van der Waals surface area contributed by atoms with Crippen molar-refractivity contribution in [2.24, 2.45) is 0 Å². The summed E-state index contributed by atoms with van der Waals surface area (Å²) < 4.78 is 0. The number of nitrogens with zero attached hydrogens (tertiary/aromatic N) is 1. The van der Waals surface area contributed by atoms with Gasteiger partial charge in [0.05, 0.1) is 0 Å². The van der Waals surface area contributed by atoms with Crippen molar-refractivity contribution in [3.05, 3.63) is 23.4 Å². The molecule has 20 heavy (non-hydrogen) atoms. The Balaban J connectivity index is 3.15. The number of amides is 1. The molecule has 0 aromatic carbocycles.